The number of allylic oxidation sites excluding steroid dienone is 1. The zero-order valence-electron chi connectivity index (χ0n) is 8.32. The molecule has 1 aromatic rings. The van der Waals surface area contributed by atoms with Crippen molar-refractivity contribution < 1.29 is 0 Å². The number of nitrogens with one attached hydrogen (secondary N) is 1. The van der Waals surface area contributed by atoms with Crippen LogP contribution in [0.15, 0.2) is 36.7 Å². The molecule has 1 N–H and O–H groups in total. The fourth-order valence-electron chi connectivity index (χ4n) is 1.74. The van der Waals surface area contributed by atoms with E-state index in [1.165, 1.54) is 24.8 Å². The van der Waals surface area contributed by atoms with E-state index in [-0.39, 0.29) is 0 Å². The summed E-state index contributed by atoms with van der Waals surface area (Å²) in [5, 5.41) is 3.55. The molecule has 2 nitrogen and oxygen atoms in total. The number of hydrogen-bond donors (Lipinski definition) is 1. The quantitative estimate of drug-likeness (QED) is 0.736. The molecule has 14 heavy (non-hydrogen) atoms. The van der Waals surface area contributed by atoms with Crippen molar-refractivity contribution in [3.05, 3.63) is 42.2 Å². The summed E-state index contributed by atoms with van der Waals surface area (Å²) in [5.41, 5.74) is 1.27. The highest BCUT2D eigenvalue weighted by Gasteiger charge is 2.08. The van der Waals surface area contributed by atoms with Gasteiger partial charge in [-0.1, -0.05) is 18.2 Å². The first kappa shape index (κ1) is 9.41. The first-order valence-corrected chi connectivity index (χ1v) is 5.22. The molecule has 2 rings (SSSR count). The van der Waals surface area contributed by atoms with Gasteiger partial charge in [-0.3, -0.25) is 4.98 Å². The molecule has 1 unspecified atom stereocenters. The van der Waals surface area contributed by atoms with Crippen LogP contribution >= 0.6 is 0 Å². The van der Waals surface area contributed by atoms with E-state index in [1.807, 2.05) is 18.5 Å². The topological polar surface area (TPSA) is 24.9 Å². The molecule has 0 amide bonds. The Balaban J connectivity index is 1.80. The Morgan fingerprint density at radius 1 is 1.43 bits per heavy atom. The van der Waals surface area contributed by atoms with E-state index in [9.17, 15) is 0 Å². The van der Waals surface area contributed by atoms with Gasteiger partial charge in [0.2, 0.25) is 0 Å². The number of aromatic nitrogens is 1. The minimum Gasteiger partial charge on any atom is -0.310 e. The third-order valence-corrected chi connectivity index (χ3v) is 2.59. The normalized spacial score (nSPS) is 21.0. The Hall–Kier alpha value is -1.15. The zero-order valence-corrected chi connectivity index (χ0v) is 8.32. The third-order valence-electron chi connectivity index (χ3n) is 2.59. The van der Waals surface area contributed by atoms with Gasteiger partial charge in [0.1, 0.15) is 0 Å². The smallest absolute Gasteiger partial charge is 0.0312 e. The highest BCUT2D eigenvalue weighted by atomic mass is 14.9. The summed E-state index contributed by atoms with van der Waals surface area (Å²) in [6, 6.07) is 4.75. The molecule has 0 spiro atoms. The molecule has 74 valence electrons. The number of nitrogens with zero attached hydrogens (tertiary/aromatic N) is 1. The highest BCUT2D eigenvalue weighted by molar-refractivity contribution is 5.08. The maximum atomic E-state index is 4.09. The second-order valence-corrected chi connectivity index (χ2v) is 3.72. The van der Waals surface area contributed by atoms with Crippen molar-refractivity contribution in [2.45, 2.75) is 31.8 Å². The average molecular weight is 188 g/mol. The molecular formula is C12H16N2. The van der Waals surface area contributed by atoms with Crippen LogP contribution in [0.1, 0.15) is 24.8 Å². The SMILES string of the molecule is C1=CCC(NCc2cccnc2)CC1. The van der Waals surface area contributed by atoms with Gasteiger partial charge in [0.15, 0.2) is 0 Å². The summed E-state index contributed by atoms with van der Waals surface area (Å²) in [6.07, 6.45) is 11.9. The summed E-state index contributed by atoms with van der Waals surface area (Å²) in [5.74, 6) is 0. The van der Waals surface area contributed by atoms with Crippen molar-refractivity contribution in [1.82, 2.24) is 10.3 Å². The Kier molecular flexibility index (Phi) is 3.30. The van der Waals surface area contributed by atoms with Gasteiger partial charge >= 0.3 is 0 Å². The van der Waals surface area contributed by atoms with Gasteiger partial charge in [-0.05, 0) is 30.9 Å². The van der Waals surface area contributed by atoms with E-state index < -0.39 is 0 Å². The molecule has 0 saturated heterocycles. The molecule has 1 aliphatic carbocycles. The number of rotatable bonds is 3. The van der Waals surface area contributed by atoms with Crippen molar-refractivity contribution in [3.63, 3.8) is 0 Å². The van der Waals surface area contributed by atoms with Gasteiger partial charge in [-0.25, -0.2) is 0 Å². The summed E-state index contributed by atoms with van der Waals surface area (Å²) in [4.78, 5) is 4.09. The van der Waals surface area contributed by atoms with Crippen LogP contribution in [0.3, 0.4) is 0 Å². The lowest BCUT2D eigenvalue weighted by Crippen LogP contribution is -2.29. The molecule has 0 aromatic carbocycles. The van der Waals surface area contributed by atoms with Crippen molar-refractivity contribution in [2.75, 3.05) is 0 Å². The Bertz CT molecular complexity index is 292. The van der Waals surface area contributed by atoms with Gasteiger partial charge < -0.3 is 5.32 Å². The van der Waals surface area contributed by atoms with Crippen molar-refractivity contribution in [3.8, 4) is 0 Å². The average Bonchev–Trinajstić information content (AvgIpc) is 2.29. The van der Waals surface area contributed by atoms with Crippen LogP contribution < -0.4 is 5.32 Å². The first-order chi connectivity index (χ1) is 6.95. The number of hydrogen-bond acceptors (Lipinski definition) is 2. The Labute approximate surface area is 85.1 Å². The van der Waals surface area contributed by atoms with Crippen LogP contribution in [-0.4, -0.2) is 11.0 Å². The predicted molar refractivity (Wildman–Crippen MR) is 57.9 cm³/mol. The third kappa shape index (κ3) is 2.67. The van der Waals surface area contributed by atoms with Crippen LogP contribution in [0, 0.1) is 0 Å². The van der Waals surface area contributed by atoms with Crippen LogP contribution in [0.4, 0.5) is 0 Å². The van der Waals surface area contributed by atoms with E-state index in [2.05, 4.69) is 28.5 Å². The lowest BCUT2D eigenvalue weighted by Gasteiger charge is -2.19. The molecular weight excluding hydrogens is 172 g/mol. The molecule has 1 heterocycles. The minimum atomic E-state index is 0.653. The van der Waals surface area contributed by atoms with Crippen molar-refractivity contribution in [2.24, 2.45) is 0 Å². The van der Waals surface area contributed by atoms with Crippen LogP contribution in [-0.2, 0) is 6.54 Å². The van der Waals surface area contributed by atoms with Gasteiger partial charge in [0.05, 0.1) is 0 Å². The summed E-state index contributed by atoms with van der Waals surface area (Å²) < 4.78 is 0. The van der Waals surface area contributed by atoms with E-state index in [1.54, 1.807) is 0 Å². The monoisotopic (exact) mass is 188 g/mol. The minimum absolute atomic E-state index is 0.653. The van der Waals surface area contributed by atoms with Gasteiger partial charge in [-0.2, -0.15) is 0 Å². The predicted octanol–water partition coefficient (Wildman–Crippen LogP) is 2.28. The van der Waals surface area contributed by atoms with Gasteiger partial charge in [-0.15, -0.1) is 0 Å². The lowest BCUT2D eigenvalue weighted by molar-refractivity contribution is 0.474. The fraction of sp³-hybridized carbons (Fsp3) is 0.417. The molecule has 2 heteroatoms. The van der Waals surface area contributed by atoms with E-state index in [0.29, 0.717) is 6.04 Å². The molecule has 1 aliphatic rings. The molecule has 0 aliphatic heterocycles. The molecule has 0 radical (unpaired) electrons. The summed E-state index contributed by atoms with van der Waals surface area (Å²) in [6.45, 7) is 0.937. The van der Waals surface area contributed by atoms with Crippen LogP contribution in [0.2, 0.25) is 0 Å². The highest BCUT2D eigenvalue weighted by Crippen LogP contribution is 2.11. The van der Waals surface area contributed by atoms with Crippen LogP contribution in [0.5, 0.6) is 0 Å². The second kappa shape index (κ2) is 4.91. The van der Waals surface area contributed by atoms with E-state index in [4.69, 9.17) is 0 Å². The molecule has 0 fully saturated rings. The first-order valence-electron chi connectivity index (χ1n) is 5.22. The van der Waals surface area contributed by atoms with E-state index in [0.717, 1.165) is 6.54 Å². The summed E-state index contributed by atoms with van der Waals surface area (Å²) >= 11 is 0. The Morgan fingerprint density at radius 2 is 2.43 bits per heavy atom. The second-order valence-electron chi connectivity index (χ2n) is 3.72. The molecule has 0 bridgehead atoms. The maximum absolute atomic E-state index is 4.09. The fourth-order valence-corrected chi connectivity index (χ4v) is 1.74. The van der Waals surface area contributed by atoms with E-state index >= 15 is 0 Å². The molecule has 1 aromatic heterocycles. The molecule has 0 saturated carbocycles. The van der Waals surface area contributed by atoms with Gasteiger partial charge in [0, 0.05) is 25.0 Å². The Morgan fingerprint density at radius 3 is 3.14 bits per heavy atom. The lowest BCUT2D eigenvalue weighted by atomic mass is 10.0. The van der Waals surface area contributed by atoms with Crippen molar-refractivity contribution >= 4 is 0 Å². The standard InChI is InChI=1S/C12H16N2/c1-2-6-12(7-3-1)14-10-11-5-4-8-13-9-11/h1-2,4-5,8-9,12,14H,3,6-7,10H2. The molecule has 1 atom stereocenters. The van der Waals surface area contributed by atoms with Crippen LogP contribution in [0.25, 0.3) is 0 Å². The van der Waals surface area contributed by atoms with Gasteiger partial charge in [0.25, 0.3) is 0 Å². The number of pyridine rings is 1. The summed E-state index contributed by atoms with van der Waals surface area (Å²) in [7, 11) is 0. The zero-order chi connectivity index (χ0) is 9.64. The van der Waals surface area contributed by atoms with Crippen molar-refractivity contribution in [1.29, 1.82) is 0 Å². The largest absolute Gasteiger partial charge is 0.310 e. The maximum Gasteiger partial charge on any atom is 0.0312 e.